The van der Waals surface area contributed by atoms with Crippen molar-refractivity contribution in [2.45, 2.75) is 77.2 Å². The summed E-state index contributed by atoms with van der Waals surface area (Å²) in [6.07, 6.45) is 11.6. The van der Waals surface area contributed by atoms with Crippen LogP contribution < -0.4 is 5.32 Å². The van der Waals surface area contributed by atoms with Crippen LogP contribution in [0, 0.1) is 29.1 Å². The maximum atomic E-state index is 12.8. The predicted octanol–water partition coefficient (Wildman–Crippen LogP) is 3.44. The van der Waals surface area contributed by atoms with Gasteiger partial charge in [0.05, 0.1) is 5.41 Å². The third-order valence-electron chi connectivity index (χ3n) is 7.26. The largest absolute Gasteiger partial charge is 0.455 e. The fourth-order valence-corrected chi connectivity index (χ4v) is 6.42. The second-order valence-corrected chi connectivity index (χ2v) is 9.21. The number of hydrogen-bond acceptors (Lipinski definition) is 3. The van der Waals surface area contributed by atoms with Crippen LogP contribution in [0.2, 0.25) is 0 Å². The molecule has 4 heteroatoms. The van der Waals surface area contributed by atoms with Gasteiger partial charge >= 0.3 is 5.97 Å². The Labute approximate surface area is 145 Å². The molecule has 0 aromatic carbocycles. The van der Waals surface area contributed by atoms with Gasteiger partial charge in [0.1, 0.15) is 0 Å². The van der Waals surface area contributed by atoms with Gasteiger partial charge in [-0.05, 0) is 75.0 Å². The van der Waals surface area contributed by atoms with Gasteiger partial charge in [-0.25, -0.2) is 0 Å². The summed E-state index contributed by atoms with van der Waals surface area (Å²) < 4.78 is 5.51. The topological polar surface area (TPSA) is 55.4 Å². The lowest BCUT2D eigenvalue weighted by Gasteiger charge is -2.55. The minimum absolute atomic E-state index is 0.0894. The minimum Gasteiger partial charge on any atom is -0.455 e. The van der Waals surface area contributed by atoms with Crippen molar-refractivity contribution in [2.24, 2.45) is 29.1 Å². The van der Waals surface area contributed by atoms with Gasteiger partial charge in [-0.15, -0.1) is 0 Å². The van der Waals surface area contributed by atoms with Gasteiger partial charge in [-0.3, -0.25) is 9.59 Å². The summed E-state index contributed by atoms with van der Waals surface area (Å²) in [7, 11) is 0. The van der Waals surface area contributed by atoms with Crippen molar-refractivity contribution in [1.82, 2.24) is 5.32 Å². The van der Waals surface area contributed by atoms with Crippen LogP contribution in [-0.2, 0) is 14.3 Å². The summed E-state index contributed by atoms with van der Waals surface area (Å²) in [4.78, 5) is 25.0. The Morgan fingerprint density at radius 2 is 1.58 bits per heavy atom. The van der Waals surface area contributed by atoms with E-state index in [1.165, 1.54) is 38.5 Å². The fraction of sp³-hybridized carbons (Fsp3) is 0.900. The van der Waals surface area contributed by atoms with Gasteiger partial charge < -0.3 is 10.1 Å². The summed E-state index contributed by atoms with van der Waals surface area (Å²) in [6, 6.07) is 0.254. The molecule has 1 amide bonds. The molecule has 2 atom stereocenters. The molecule has 0 saturated heterocycles. The highest BCUT2D eigenvalue weighted by Gasteiger charge is 2.55. The summed E-state index contributed by atoms with van der Waals surface area (Å²) in [6.45, 7) is 2.11. The monoisotopic (exact) mass is 333 g/mol. The molecule has 0 aromatic heterocycles. The second-order valence-electron chi connectivity index (χ2n) is 9.21. The molecule has 24 heavy (non-hydrogen) atoms. The molecule has 0 aromatic rings. The molecule has 1 N–H and O–H groups in total. The quantitative estimate of drug-likeness (QED) is 0.802. The van der Waals surface area contributed by atoms with E-state index < -0.39 is 0 Å². The summed E-state index contributed by atoms with van der Waals surface area (Å²) >= 11 is 0. The highest BCUT2D eigenvalue weighted by molar-refractivity contribution is 5.83. The number of hydrogen-bond donors (Lipinski definition) is 1. The number of carbonyl (C=O) groups excluding carboxylic acids is 2. The number of carbonyl (C=O) groups is 2. The first kappa shape index (κ1) is 16.4. The average Bonchev–Trinajstić information content (AvgIpc) is 2.53. The predicted molar refractivity (Wildman–Crippen MR) is 91.1 cm³/mol. The second kappa shape index (κ2) is 6.34. The Hall–Kier alpha value is -1.06. The highest BCUT2D eigenvalue weighted by Crippen LogP contribution is 2.60. The van der Waals surface area contributed by atoms with Gasteiger partial charge in [0.2, 0.25) is 0 Å². The van der Waals surface area contributed by atoms with Crippen molar-refractivity contribution in [2.75, 3.05) is 6.61 Å². The van der Waals surface area contributed by atoms with Crippen LogP contribution in [0.15, 0.2) is 0 Å². The molecular weight excluding hydrogens is 302 g/mol. The molecule has 0 unspecified atom stereocenters. The summed E-state index contributed by atoms with van der Waals surface area (Å²) in [5, 5.41) is 3.08. The van der Waals surface area contributed by atoms with Gasteiger partial charge in [0, 0.05) is 6.04 Å². The van der Waals surface area contributed by atoms with Gasteiger partial charge in [-0.2, -0.15) is 0 Å². The molecule has 5 aliphatic rings. The van der Waals surface area contributed by atoms with Crippen molar-refractivity contribution in [3.63, 3.8) is 0 Å². The molecule has 5 saturated carbocycles. The van der Waals surface area contributed by atoms with Crippen molar-refractivity contribution in [3.05, 3.63) is 0 Å². The zero-order chi connectivity index (χ0) is 16.7. The molecule has 0 spiro atoms. The van der Waals surface area contributed by atoms with Crippen LogP contribution in [0.3, 0.4) is 0 Å². The SMILES string of the molecule is C[C@@H]1CCCC[C@@H]1NC(=O)COC(=O)C12CC3CC(CC(C3)C1)C2. The van der Waals surface area contributed by atoms with E-state index in [1.807, 2.05) is 0 Å². The van der Waals surface area contributed by atoms with Gasteiger partial charge in [-0.1, -0.05) is 19.8 Å². The van der Waals surface area contributed by atoms with Crippen molar-refractivity contribution in [3.8, 4) is 0 Å². The van der Waals surface area contributed by atoms with E-state index in [0.717, 1.165) is 43.4 Å². The van der Waals surface area contributed by atoms with Crippen LogP contribution in [-0.4, -0.2) is 24.5 Å². The normalized spacial score (nSPS) is 43.5. The zero-order valence-corrected chi connectivity index (χ0v) is 14.9. The lowest BCUT2D eigenvalue weighted by molar-refractivity contribution is -0.173. The molecule has 4 bridgehead atoms. The smallest absolute Gasteiger partial charge is 0.312 e. The lowest BCUT2D eigenvalue weighted by Crippen LogP contribution is -2.51. The molecule has 134 valence electrons. The van der Waals surface area contributed by atoms with Crippen LogP contribution in [0.1, 0.15) is 71.1 Å². The first-order valence-electron chi connectivity index (χ1n) is 10.0. The fourth-order valence-electron chi connectivity index (χ4n) is 6.42. The Bertz CT molecular complexity index is 480. The molecule has 0 radical (unpaired) electrons. The maximum Gasteiger partial charge on any atom is 0.312 e. The van der Waals surface area contributed by atoms with Crippen LogP contribution >= 0.6 is 0 Å². The van der Waals surface area contributed by atoms with E-state index in [2.05, 4.69) is 12.2 Å². The van der Waals surface area contributed by atoms with E-state index in [4.69, 9.17) is 4.74 Å². The molecule has 5 rings (SSSR count). The van der Waals surface area contributed by atoms with Crippen LogP contribution in [0.5, 0.6) is 0 Å². The Balaban J connectivity index is 1.29. The number of amides is 1. The van der Waals surface area contributed by atoms with Crippen molar-refractivity contribution in [1.29, 1.82) is 0 Å². The molecule has 5 aliphatic carbocycles. The van der Waals surface area contributed by atoms with Gasteiger partial charge in [0.25, 0.3) is 5.91 Å². The van der Waals surface area contributed by atoms with Crippen LogP contribution in [0.4, 0.5) is 0 Å². The Morgan fingerprint density at radius 3 is 2.17 bits per heavy atom. The maximum absolute atomic E-state index is 12.8. The van der Waals surface area contributed by atoms with Gasteiger partial charge in [0.15, 0.2) is 6.61 Å². The Kier molecular flexibility index (Phi) is 4.34. The minimum atomic E-state index is -0.257. The standard InChI is InChI=1S/C20H31NO3/c1-13-4-2-3-5-17(13)21-18(22)12-24-19(23)20-9-14-6-15(10-20)8-16(7-14)11-20/h13-17H,2-12H2,1H3,(H,21,22)/t13-,14?,15?,16?,17+,20?/m1/s1. The van der Waals surface area contributed by atoms with E-state index in [1.54, 1.807) is 0 Å². The first-order valence-corrected chi connectivity index (χ1v) is 10.0. The number of ether oxygens (including phenoxy) is 1. The molecule has 0 aliphatic heterocycles. The third kappa shape index (κ3) is 3.09. The Morgan fingerprint density at radius 1 is 1.00 bits per heavy atom. The van der Waals surface area contributed by atoms with E-state index >= 15 is 0 Å². The zero-order valence-electron chi connectivity index (χ0n) is 14.9. The number of esters is 1. The van der Waals surface area contributed by atoms with E-state index in [-0.39, 0.29) is 29.9 Å². The summed E-state index contributed by atoms with van der Waals surface area (Å²) in [5.41, 5.74) is -0.257. The highest BCUT2D eigenvalue weighted by atomic mass is 16.5. The van der Waals surface area contributed by atoms with E-state index in [0.29, 0.717) is 5.92 Å². The lowest BCUT2D eigenvalue weighted by atomic mass is 9.49. The van der Waals surface area contributed by atoms with Crippen molar-refractivity contribution < 1.29 is 14.3 Å². The summed E-state index contributed by atoms with van der Waals surface area (Å²) in [5.74, 6) is 2.49. The van der Waals surface area contributed by atoms with E-state index in [9.17, 15) is 9.59 Å². The van der Waals surface area contributed by atoms with Crippen LogP contribution in [0.25, 0.3) is 0 Å². The average molecular weight is 333 g/mol. The molecule has 5 fully saturated rings. The number of rotatable bonds is 4. The molecule has 0 heterocycles. The number of nitrogens with one attached hydrogen (secondary N) is 1. The van der Waals surface area contributed by atoms with Crippen molar-refractivity contribution >= 4 is 11.9 Å². The molecule has 4 nitrogen and oxygen atoms in total. The first-order chi connectivity index (χ1) is 11.5. The third-order valence-corrected chi connectivity index (χ3v) is 7.26. The molecular formula is C20H31NO3.